The van der Waals surface area contributed by atoms with Gasteiger partial charge in [-0.1, -0.05) is 0 Å². The van der Waals surface area contributed by atoms with Crippen LogP contribution in [-0.2, 0) is 0 Å². The van der Waals surface area contributed by atoms with E-state index in [0.717, 1.165) is 4.68 Å². The average Bonchev–Trinajstić information content (AvgIpc) is 3.05. The van der Waals surface area contributed by atoms with Gasteiger partial charge in [-0.3, -0.25) is 9.32 Å². The molecule has 0 fully saturated rings. The summed E-state index contributed by atoms with van der Waals surface area (Å²) in [5.41, 5.74) is -3.04. The fraction of sp³-hybridized carbons (Fsp3) is 0.0625. The van der Waals surface area contributed by atoms with E-state index in [1.807, 2.05) is 0 Å². The smallest absolute Gasteiger partial charge is 0.441 e. The van der Waals surface area contributed by atoms with Crippen LogP contribution in [0.1, 0.15) is 10.5 Å². The summed E-state index contributed by atoms with van der Waals surface area (Å²) in [7, 11) is 1.43. The number of amides is 1. The third kappa shape index (κ3) is 3.26. The molecular weight excluding hydrogens is 374 g/mol. The van der Waals surface area contributed by atoms with Crippen LogP contribution in [0.2, 0.25) is 0 Å². The Labute approximate surface area is 147 Å². The molecule has 0 saturated heterocycles. The molecule has 0 aliphatic heterocycles. The number of halogens is 4. The second-order valence-corrected chi connectivity index (χ2v) is 5.16. The number of hydrogen-bond donors (Lipinski definition) is 2. The maximum Gasteiger partial charge on any atom is 0.441 e. The lowest BCUT2D eigenvalue weighted by molar-refractivity contribution is -0.672. The quantitative estimate of drug-likeness (QED) is 0.410. The second-order valence-electron chi connectivity index (χ2n) is 5.16. The summed E-state index contributed by atoms with van der Waals surface area (Å²) in [5, 5.41) is 3.78. The predicted molar refractivity (Wildman–Crippen MR) is 81.6 cm³/mol. The lowest BCUT2D eigenvalue weighted by atomic mass is 10.2. The molecule has 0 spiro atoms. The van der Waals surface area contributed by atoms with Gasteiger partial charge in [0.1, 0.15) is 11.4 Å². The zero-order valence-electron chi connectivity index (χ0n) is 13.5. The summed E-state index contributed by atoms with van der Waals surface area (Å²) in [6.45, 7) is 0. The first-order valence-corrected chi connectivity index (χ1v) is 7.25. The monoisotopic (exact) mass is 384 g/mol. The molecule has 0 aliphatic rings. The molecule has 1 amide bonds. The summed E-state index contributed by atoms with van der Waals surface area (Å²) < 4.78 is 64.4. The van der Waals surface area contributed by atoms with Gasteiger partial charge in [-0.05, 0) is 22.1 Å². The highest BCUT2D eigenvalue weighted by molar-refractivity contribution is 6.01. The molecule has 0 unspecified atom stereocenters. The van der Waals surface area contributed by atoms with Gasteiger partial charge in [-0.25, -0.2) is 22.4 Å². The summed E-state index contributed by atoms with van der Waals surface area (Å²) in [6, 6.07) is 5.91. The van der Waals surface area contributed by atoms with E-state index in [0.29, 0.717) is 5.75 Å². The molecular formula is C16H10F4N3O4+. The van der Waals surface area contributed by atoms with E-state index < -0.39 is 46.2 Å². The van der Waals surface area contributed by atoms with Crippen LogP contribution >= 0.6 is 0 Å². The largest absolute Gasteiger partial charge is 0.497 e. The van der Waals surface area contributed by atoms with Gasteiger partial charge in [0.05, 0.1) is 7.11 Å². The molecule has 0 saturated carbocycles. The van der Waals surface area contributed by atoms with Crippen molar-refractivity contribution in [2.24, 2.45) is 0 Å². The normalized spacial score (nSPS) is 10.7. The van der Waals surface area contributed by atoms with Crippen molar-refractivity contribution in [3.8, 4) is 11.4 Å². The molecule has 3 rings (SSSR count). The minimum atomic E-state index is -1.82. The van der Waals surface area contributed by atoms with Gasteiger partial charge >= 0.3 is 17.2 Å². The number of ether oxygens (including phenoxy) is 1. The van der Waals surface area contributed by atoms with Crippen molar-refractivity contribution in [1.82, 2.24) is 5.27 Å². The highest BCUT2D eigenvalue weighted by Gasteiger charge is 2.33. The van der Waals surface area contributed by atoms with Gasteiger partial charge in [0.15, 0.2) is 23.3 Å². The highest BCUT2D eigenvalue weighted by atomic mass is 19.2. The SMILES string of the molecule is COc1ccc(-[n+]2[nH]oc(=O)c2C(=O)Nc2c(F)c(F)cc(F)c2F)cc1. The standard InChI is InChI=1S/C16H9F4N3O4/c1-26-8-4-2-7(3-5-8)23-14(16(25)27-22-23)15(24)21-13-11(19)9(17)6-10(18)12(13)20/h2-6H,1H3,(H-,21,22,24,25)/p+1. The van der Waals surface area contributed by atoms with Gasteiger partial charge in [0, 0.05) is 18.2 Å². The number of hydrogen-bond acceptors (Lipinski definition) is 4. The van der Waals surface area contributed by atoms with Gasteiger partial charge < -0.3 is 10.1 Å². The topological polar surface area (TPSA) is 88.2 Å². The van der Waals surface area contributed by atoms with E-state index in [1.54, 1.807) is 5.32 Å². The zero-order chi connectivity index (χ0) is 19.7. The molecule has 2 N–H and O–H groups in total. The number of anilines is 1. The number of methoxy groups -OCH3 is 1. The lowest BCUT2D eigenvalue weighted by Gasteiger charge is -2.06. The summed E-state index contributed by atoms with van der Waals surface area (Å²) >= 11 is 0. The van der Waals surface area contributed by atoms with E-state index in [9.17, 15) is 27.2 Å². The number of nitrogens with zero attached hydrogens (tertiary/aromatic N) is 1. The fourth-order valence-electron chi connectivity index (χ4n) is 2.24. The van der Waals surface area contributed by atoms with Crippen molar-refractivity contribution in [2.75, 3.05) is 12.4 Å². The number of H-pyrrole nitrogens is 1. The number of carbonyl (C=O) groups is 1. The molecule has 0 bridgehead atoms. The minimum Gasteiger partial charge on any atom is -0.497 e. The fourth-order valence-corrected chi connectivity index (χ4v) is 2.24. The molecule has 11 heteroatoms. The first-order chi connectivity index (χ1) is 12.8. The summed E-state index contributed by atoms with van der Waals surface area (Å²) in [5.74, 6) is -7.95. The van der Waals surface area contributed by atoms with Crippen molar-refractivity contribution in [2.45, 2.75) is 0 Å². The molecule has 27 heavy (non-hydrogen) atoms. The maximum absolute atomic E-state index is 13.7. The Balaban J connectivity index is 2.02. The minimum absolute atomic E-state index is 0.0114. The van der Waals surface area contributed by atoms with Gasteiger partial charge in [0.25, 0.3) is 0 Å². The Kier molecular flexibility index (Phi) is 4.67. The van der Waals surface area contributed by atoms with Crippen molar-refractivity contribution in [3.05, 3.63) is 69.7 Å². The van der Waals surface area contributed by atoms with E-state index in [2.05, 4.69) is 9.79 Å². The number of benzene rings is 2. The first-order valence-electron chi connectivity index (χ1n) is 7.25. The van der Waals surface area contributed by atoms with Crippen LogP contribution in [0, 0.1) is 23.3 Å². The molecule has 0 atom stereocenters. The maximum atomic E-state index is 13.7. The lowest BCUT2D eigenvalue weighted by Crippen LogP contribution is -2.43. The van der Waals surface area contributed by atoms with Crippen LogP contribution in [-0.4, -0.2) is 18.3 Å². The van der Waals surface area contributed by atoms with Crippen LogP contribution in [0.4, 0.5) is 23.2 Å². The van der Waals surface area contributed by atoms with Crippen LogP contribution in [0.15, 0.2) is 39.6 Å². The third-order valence-corrected chi connectivity index (χ3v) is 3.54. The predicted octanol–water partition coefficient (Wildman–Crippen LogP) is 2.06. The number of aromatic amines is 1. The van der Waals surface area contributed by atoms with Crippen molar-refractivity contribution in [3.63, 3.8) is 0 Å². The van der Waals surface area contributed by atoms with Crippen LogP contribution in [0.3, 0.4) is 0 Å². The average molecular weight is 384 g/mol. The highest BCUT2D eigenvalue weighted by Crippen LogP contribution is 2.24. The van der Waals surface area contributed by atoms with Gasteiger partial charge in [-0.2, -0.15) is 0 Å². The summed E-state index contributed by atoms with van der Waals surface area (Å²) in [4.78, 5) is 24.2. The van der Waals surface area contributed by atoms with Crippen molar-refractivity contribution >= 4 is 11.6 Å². The van der Waals surface area contributed by atoms with Crippen LogP contribution in [0.25, 0.3) is 5.69 Å². The number of nitrogens with one attached hydrogen (secondary N) is 2. The first kappa shape index (κ1) is 18.2. The number of aromatic nitrogens is 2. The molecule has 2 aromatic carbocycles. The Morgan fingerprint density at radius 2 is 1.70 bits per heavy atom. The Morgan fingerprint density at radius 1 is 1.11 bits per heavy atom. The number of rotatable bonds is 4. The molecule has 1 aromatic heterocycles. The molecule has 140 valence electrons. The van der Waals surface area contributed by atoms with E-state index in [4.69, 9.17) is 4.74 Å². The Morgan fingerprint density at radius 3 is 2.26 bits per heavy atom. The van der Waals surface area contributed by atoms with Gasteiger partial charge in [-0.15, -0.1) is 0 Å². The van der Waals surface area contributed by atoms with E-state index in [1.165, 1.54) is 31.4 Å². The Bertz CT molecular complexity index is 1050. The summed E-state index contributed by atoms with van der Waals surface area (Å²) in [6.07, 6.45) is 0. The van der Waals surface area contributed by atoms with E-state index >= 15 is 0 Å². The van der Waals surface area contributed by atoms with Crippen molar-refractivity contribution in [1.29, 1.82) is 0 Å². The third-order valence-electron chi connectivity index (χ3n) is 3.54. The molecule has 0 aliphatic carbocycles. The molecule has 7 nitrogen and oxygen atoms in total. The second kappa shape index (κ2) is 6.94. The Hall–Kier alpha value is -3.63. The zero-order valence-corrected chi connectivity index (χ0v) is 13.5. The molecule has 1 heterocycles. The van der Waals surface area contributed by atoms with Crippen LogP contribution in [0.5, 0.6) is 5.75 Å². The number of carbonyl (C=O) groups excluding carboxylic acids is 1. The van der Waals surface area contributed by atoms with Gasteiger partial charge in [0.2, 0.25) is 5.69 Å². The van der Waals surface area contributed by atoms with Crippen LogP contribution < -0.4 is 20.4 Å². The molecule has 0 radical (unpaired) electrons. The molecule has 3 aromatic rings. The van der Waals surface area contributed by atoms with E-state index in [-0.39, 0.29) is 11.8 Å². The van der Waals surface area contributed by atoms with Crippen molar-refractivity contribution < 1.29 is 36.3 Å².